The number of hydrogen-bond acceptors (Lipinski definition) is 7. The second-order valence-corrected chi connectivity index (χ2v) is 6.63. The van der Waals surface area contributed by atoms with E-state index in [4.69, 9.17) is 14.2 Å². The Labute approximate surface area is 176 Å². The molecule has 0 spiro atoms. The van der Waals surface area contributed by atoms with Crippen molar-refractivity contribution in [2.75, 3.05) is 26.8 Å². The van der Waals surface area contributed by atoms with E-state index in [1.807, 2.05) is 25.1 Å². The summed E-state index contributed by atoms with van der Waals surface area (Å²) in [5.41, 5.74) is 0.136. The van der Waals surface area contributed by atoms with Gasteiger partial charge in [0.1, 0.15) is 24.2 Å². The summed E-state index contributed by atoms with van der Waals surface area (Å²) in [6, 6.07) is 11.8. The molecule has 4 N–H and O–H groups in total. The number of phenols is 1. The number of benzene rings is 2. The Morgan fingerprint density at radius 1 is 1.10 bits per heavy atom. The van der Waals surface area contributed by atoms with E-state index >= 15 is 0 Å². The first kappa shape index (κ1) is 23.3. The van der Waals surface area contributed by atoms with Crippen molar-refractivity contribution in [3.05, 3.63) is 48.0 Å². The van der Waals surface area contributed by atoms with Crippen LogP contribution in [0.5, 0.6) is 23.0 Å². The minimum absolute atomic E-state index is 0.119. The van der Waals surface area contributed by atoms with Crippen LogP contribution in [0.1, 0.15) is 30.6 Å². The van der Waals surface area contributed by atoms with Gasteiger partial charge in [-0.1, -0.05) is 19.1 Å². The molecule has 30 heavy (non-hydrogen) atoms. The molecule has 0 aliphatic rings. The van der Waals surface area contributed by atoms with Gasteiger partial charge in [0.2, 0.25) is 0 Å². The molecular weight excluding hydrogens is 388 g/mol. The summed E-state index contributed by atoms with van der Waals surface area (Å²) in [5.74, 6) is 1.09. The monoisotopic (exact) mass is 418 g/mol. The molecule has 0 heterocycles. The van der Waals surface area contributed by atoms with Gasteiger partial charge < -0.3 is 29.7 Å². The van der Waals surface area contributed by atoms with Gasteiger partial charge >= 0.3 is 0 Å². The summed E-state index contributed by atoms with van der Waals surface area (Å²) < 4.78 is 17.2. The minimum Gasteiger partial charge on any atom is -0.507 e. The highest BCUT2D eigenvalue weighted by atomic mass is 16.5. The molecule has 2 atom stereocenters. The maximum Gasteiger partial charge on any atom is 0.254 e. The van der Waals surface area contributed by atoms with Crippen molar-refractivity contribution in [1.82, 2.24) is 10.6 Å². The highest BCUT2D eigenvalue weighted by Gasteiger charge is 2.18. The lowest BCUT2D eigenvalue weighted by atomic mass is 10.2. The number of amides is 1. The number of aromatic hydroxyl groups is 1. The average molecular weight is 418 g/mol. The molecule has 0 fully saturated rings. The first-order valence-electron chi connectivity index (χ1n) is 9.94. The topological polar surface area (TPSA) is 109 Å². The molecule has 0 radical (unpaired) electrons. The molecule has 0 saturated heterocycles. The maximum atomic E-state index is 11.8. The van der Waals surface area contributed by atoms with E-state index in [9.17, 15) is 15.0 Å². The summed E-state index contributed by atoms with van der Waals surface area (Å²) in [4.78, 5) is 11.8. The van der Waals surface area contributed by atoms with Crippen LogP contribution in [0, 0.1) is 0 Å². The number of ether oxygens (including phenoxy) is 3. The Hall–Kier alpha value is -2.97. The molecule has 8 nitrogen and oxygen atoms in total. The number of phenolic OH excluding ortho intramolecular Hbond substituents is 1. The van der Waals surface area contributed by atoms with Gasteiger partial charge in [0.15, 0.2) is 17.7 Å². The Balaban J connectivity index is 1.91. The maximum absolute atomic E-state index is 11.8. The minimum atomic E-state index is -0.780. The number of para-hydroxylation sites is 2. The summed E-state index contributed by atoms with van der Waals surface area (Å²) >= 11 is 0. The van der Waals surface area contributed by atoms with Crippen LogP contribution >= 0.6 is 0 Å². The Morgan fingerprint density at radius 2 is 1.83 bits per heavy atom. The van der Waals surface area contributed by atoms with Gasteiger partial charge in [0.05, 0.1) is 12.2 Å². The second kappa shape index (κ2) is 11.9. The smallest absolute Gasteiger partial charge is 0.254 e. The summed E-state index contributed by atoms with van der Waals surface area (Å²) in [7, 11) is 1.49. The van der Waals surface area contributed by atoms with Crippen molar-refractivity contribution in [2.45, 2.75) is 32.6 Å². The third-order valence-electron chi connectivity index (χ3n) is 4.16. The van der Waals surface area contributed by atoms with Crippen LogP contribution in [-0.4, -0.2) is 55.3 Å². The first-order chi connectivity index (χ1) is 14.5. The van der Waals surface area contributed by atoms with Crippen molar-refractivity contribution in [2.24, 2.45) is 0 Å². The number of carbonyl (C=O) groups excluding carboxylic acids is 1. The van der Waals surface area contributed by atoms with Crippen LogP contribution in [0.2, 0.25) is 0 Å². The van der Waals surface area contributed by atoms with Gasteiger partial charge in [-0.2, -0.15) is 0 Å². The molecule has 0 aliphatic carbocycles. The van der Waals surface area contributed by atoms with Crippen molar-refractivity contribution >= 4 is 5.91 Å². The fraction of sp³-hybridized carbons (Fsp3) is 0.409. The lowest BCUT2D eigenvalue weighted by Gasteiger charge is -2.24. The summed E-state index contributed by atoms with van der Waals surface area (Å²) in [6.45, 7) is 4.87. The molecule has 2 rings (SSSR count). The highest BCUT2D eigenvalue weighted by Crippen LogP contribution is 2.28. The number of rotatable bonds is 12. The molecule has 0 aromatic heterocycles. The molecule has 1 amide bonds. The van der Waals surface area contributed by atoms with E-state index in [2.05, 4.69) is 10.6 Å². The molecule has 0 aliphatic heterocycles. The van der Waals surface area contributed by atoms with Gasteiger partial charge in [-0.3, -0.25) is 10.1 Å². The van der Waals surface area contributed by atoms with E-state index in [-0.39, 0.29) is 17.9 Å². The van der Waals surface area contributed by atoms with Crippen molar-refractivity contribution in [3.8, 4) is 23.0 Å². The number of aliphatic hydroxyl groups excluding tert-OH is 1. The van der Waals surface area contributed by atoms with E-state index in [1.165, 1.54) is 19.2 Å². The molecule has 8 heteroatoms. The Morgan fingerprint density at radius 3 is 2.50 bits per heavy atom. The standard InChI is InChI=1S/C22H30N2O6/c1-4-12-29-19-7-5-6-8-20(19)30-22(15(2)25)24-11-13-28-16-9-10-18(26)17(14-16)21(27)23-3/h5-10,14-15,22,24-26H,4,11-13H2,1-3H3,(H,23,27). The van der Waals surface area contributed by atoms with Crippen molar-refractivity contribution in [1.29, 1.82) is 0 Å². The Bertz CT molecular complexity index is 812. The number of carbonyl (C=O) groups is 1. The summed E-state index contributed by atoms with van der Waals surface area (Å²) in [6.07, 6.45) is -0.568. The predicted molar refractivity (Wildman–Crippen MR) is 113 cm³/mol. The molecule has 2 unspecified atom stereocenters. The van der Waals surface area contributed by atoms with Crippen LogP contribution < -0.4 is 24.8 Å². The lowest BCUT2D eigenvalue weighted by Crippen LogP contribution is -2.44. The van der Waals surface area contributed by atoms with Crippen LogP contribution in [0.3, 0.4) is 0 Å². The number of nitrogens with one attached hydrogen (secondary N) is 2. The quantitative estimate of drug-likeness (QED) is 0.309. The van der Waals surface area contributed by atoms with Gasteiger partial charge in [-0.15, -0.1) is 0 Å². The fourth-order valence-corrected chi connectivity index (χ4v) is 2.62. The first-order valence-corrected chi connectivity index (χ1v) is 9.94. The largest absolute Gasteiger partial charge is 0.507 e. The molecule has 0 saturated carbocycles. The zero-order chi connectivity index (χ0) is 21.9. The van der Waals surface area contributed by atoms with Gasteiger partial charge in [0.25, 0.3) is 5.91 Å². The third-order valence-corrected chi connectivity index (χ3v) is 4.16. The fourth-order valence-electron chi connectivity index (χ4n) is 2.62. The zero-order valence-corrected chi connectivity index (χ0v) is 17.6. The predicted octanol–water partition coefficient (Wildman–Crippen LogP) is 2.29. The van der Waals surface area contributed by atoms with Crippen LogP contribution in [-0.2, 0) is 0 Å². The third kappa shape index (κ3) is 6.82. The van der Waals surface area contributed by atoms with Crippen LogP contribution in [0.4, 0.5) is 0 Å². The molecule has 2 aromatic carbocycles. The lowest BCUT2D eigenvalue weighted by molar-refractivity contribution is 0.0232. The van der Waals surface area contributed by atoms with E-state index in [0.29, 0.717) is 30.4 Å². The highest BCUT2D eigenvalue weighted by molar-refractivity contribution is 5.97. The molecule has 164 valence electrons. The Kier molecular flexibility index (Phi) is 9.24. The SMILES string of the molecule is CCCOc1ccccc1OC(NCCOc1ccc(O)c(C(=O)NC)c1)C(C)O. The number of hydrogen-bond donors (Lipinski definition) is 4. The van der Waals surface area contributed by atoms with Gasteiger partial charge in [0, 0.05) is 13.6 Å². The van der Waals surface area contributed by atoms with Gasteiger partial charge in [-0.05, 0) is 43.7 Å². The summed E-state index contributed by atoms with van der Waals surface area (Å²) in [5, 5.41) is 25.4. The van der Waals surface area contributed by atoms with Crippen LogP contribution in [0.25, 0.3) is 0 Å². The van der Waals surface area contributed by atoms with E-state index in [0.717, 1.165) is 6.42 Å². The molecule has 0 bridgehead atoms. The second-order valence-electron chi connectivity index (χ2n) is 6.63. The van der Waals surface area contributed by atoms with Crippen molar-refractivity contribution < 1.29 is 29.2 Å². The molecule has 2 aromatic rings. The van der Waals surface area contributed by atoms with E-state index in [1.54, 1.807) is 19.1 Å². The number of aliphatic hydroxyl groups is 1. The zero-order valence-electron chi connectivity index (χ0n) is 17.6. The van der Waals surface area contributed by atoms with Crippen molar-refractivity contribution in [3.63, 3.8) is 0 Å². The molecular formula is C22H30N2O6. The normalized spacial score (nSPS) is 12.7. The average Bonchev–Trinajstić information content (AvgIpc) is 2.75. The van der Waals surface area contributed by atoms with E-state index < -0.39 is 18.2 Å². The van der Waals surface area contributed by atoms with Gasteiger partial charge in [-0.25, -0.2) is 0 Å². The van der Waals surface area contributed by atoms with Crippen LogP contribution in [0.15, 0.2) is 42.5 Å².